The number of esters is 2. The Morgan fingerprint density at radius 1 is 1.24 bits per heavy atom. The Labute approximate surface area is 145 Å². The third-order valence-corrected chi connectivity index (χ3v) is 3.67. The third-order valence-electron chi connectivity index (χ3n) is 3.67. The molecule has 0 amide bonds. The molecule has 1 atom stereocenters. The number of ether oxygens (including phenoxy) is 4. The van der Waals surface area contributed by atoms with Crippen molar-refractivity contribution >= 4 is 17.7 Å². The number of H-pyrrole nitrogens is 1. The maximum absolute atomic E-state index is 12.6. The molecule has 0 aromatic carbocycles. The fraction of sp³-hybridized carbons (Fsp3) is 0.471. The fourth-order valence-electron chi connectivity index (χ4n) is 2.46. The van der Waals surface area contributed by atoms with Crippen LogP contribution in [0, 0.1) is 13.8 Å². The molecule has 0 unspecified atom stereocenters. The number of carbonyl (C=O) groups is 3. The van der Waals surface area contributed by atoms with Crippen molar-refractivity contribution in [2.45, 2.75) is 33.8 Å². The zero-order chi connectivity index (χ0) is 18.6. The molecule has 8 nitrogen and oxygen atoms in total. The van der Waals surface area contributed by atoms with Crippen LogP contribution in [-0.4, -0.2) is 48.6 Å². The van der Waals surface area contributed by atoms with Crippen molar-refractivity contribution in [2.75, 3.05) is 19.8 Å². The predicted octanol–water partition coefficient (Wildman–Crippen LogP) is 1.81. The lowest BCUT2D eigenvalue weighted by atomic mass is 10.1. The number of carbonyl (C=O) groups excluding carboxylic acids is 3. The van der Waals surface area contributed by atoms with Gasteiger partial charge >= 0.3 is 11.9 Å². The van der Waals surface area contributed by atoms with Crippen LogP contribution in [-0.2, 0) is 23.7 Å². The molecule has 8 heteroatoms. The molecule has 0 saturated carbocycles. The predicted molar refractivity (Wildman–Crippen MR) is 86.1 cm³/mol. The zero-order valence-electron chi connectivity index (χ0n) is 14.6. The smallest absolute Gasteiger partial charge is 0.377 e. The fourth-order valence-corrected chi connectivity index (χ4v) is 2.46. The van der Waals surface area contributed by atoms with Crippen LogP contribution in [0.15, 0.2) is 12.0 Å². The van der Waals surface area contributed by atoms with Gasteiger partial charge in [0.2, 0.25) is 11.5 Å². The van der Waals surface area contributed by atoms with Crippen LogP contribution >= 0.6 is 0 Å². The van der Waals surface area contributed by atoms with Crippen molar-refractivity contribution in [1.82, 2.24) is 4.98 Å². The molecule has 1 aliphatic heterocycles. The van der Waals surface area contributed by atoms with Gasteiger partial charge in [0.05, 0.1) is 17.9 Å². The molecular weight excluding hydrogens is 330 g/mol. The number of aromatic amines is 1. The van der Waals surface area contributed by atoms with Crippen LogP contribution in [0.25, 0.3) is 0 Å². The topological polar surface area (TPSA) is 104 Å². The van der Waals surface area contributed by atoms with Crippen LogP contribution in [0.1, 0.15) is 46.0 Å². The van der Waals surface area contributed by atoms with E-state index in [0.717, 1.165) is 6.26 Å². The monoisotopic (exact) mass is 351 g/mol. The highest BCUT2D eigenvalue weighted by Gasteiger charge is 2.29. The van der Waals surface area contributed by atoms with E-state index in [-0.39, 0.29) is 24.7 Å². The van der Waals surface area contributed by atoms with E-state index in [0.29, 0.717) is 23.4 Å². The number of Topliss-reactive ketones (excluding diaryl/α,β-unsaturated/α-hetero) is 1. The van der Waals surface area contributed by atoms with Crippen LogP contribution in [0.3, 0.4) is 0 Å². The van der Waals surface area contributed by atoms with Crippen LogP contribution in [0.2, 0.25) is 0 Å². The average molecular weight is 351 g/mol. The Morgan fingerprint density at radius 2 is 1.96 bits per heavy atom. The first kappa shape index (κ1) is 18.6. The summed E-state index contributed by atoms with van der Waals surface area (Å²) in [5, 5.41) is 0. The quantitative estimate of drug-likeness (QED) is 0.615. The molecule has 0 radical (unpaired) electrons. The number of aryl methyl sites for hydroxylation is 1. The number of ketones is 1. The Morgan fingerprint density at radius 3 is 2.56 bits per heavy atom. The Kier molecular flexibility index (Phi) is 5.84. The van der Waals surface area contributed by atoms with Gasteiger partial charge < -0.3 is 23.9 Å². The van der Waals surface area contributed by atoms with Gasteiger partial charge in [-0.05, 0) is 33.3 Å². The van der Waals surface area contributed by atoms with Gasteiger partial charge in [0, 0.05) is 5.69 Å². The molecule has 1 N–H and O–H groups in total. The minimum Gasteiger partial charge on any atom is -0.493 e. The summed E-state index contributed by atoms with van der Waals surface area (Å²) in [6.07, 6.45) is 0.0945. The van der Waals surface area contributed by atoms with E-state index in [1.165, 1.54) is 6.92 Å². The molecular formula is C17H21NO7. The summed E-state index contributed by atoms with van der Waals surface area (Å²) in [4.78, 5) is 39.4. The highest BCUT2D eigenvalue weighted by molar-refractivity contribution is 6.04. The van der Waals surface area contributed by atoms with Crippen molar-refractivity contribution in [1.29, 1.82) is 0 Å². The second-order valence-electron chi connectivity index (χ2n) is 5.46. The highest BCUT2D eigenvalue weighted by Crippen LogP contribution is 2.21. The Bertz CT molecular complexity index is 717. The normalized spacial score (nSPS) is 14.6. The van der Waals surface area contributed by atoms with E-state index in [1.54, 1.807) is 20.8 Å². The average Bonchev–Trinajstić information content (AvgIpc) is 2.89. The van der Waals surface area contributed by atoms with Gasteiger partial charge in [-0.3, -0.25) is 4.79 Å². The molecule has 0 fully saturated rings. The summed E-state index contributed by atoms with van der Waals surface area (Å²) >= 11 is 0. The maximum Gasteiger partial charge on any atom is 0.377 e. The molecule has 1 aromatic heterocycles. The Hall–Kier alpha value is -2.77. The molecule has 0 spiro atoms. The molecule has 2 heterocycles. The first-order valence-corrected chi connectivity index (χ1v) is 7.92. The van der Waals surface area contributed by atoms with Crippen molar-refractivity contribution in [2.24, 2.45) is 0 Å². The van der Waals surface area contributed by atoms with E-state index in [1.807, 2.05) is 0 Å². The number of hydrogen-bond donors (Lipinski definition) is 1. The van der Waals surface area contributed by atoms with Crippen molar-refractivity contribution < 1.29 is 33.3 Å². The van der Waals surface area contributed by atoms with Gasteiger partial charge in [-0.2, -0.15) is 0 Å². The first-order chi connectivity index (χ1) is 11.9. The number of aromatic nitrogens is 1. The minimum absolute atomic E-state index is 0.0856. The van der Waals surface area contributed by atoms with E-state index in [4.69, 9.17) is 18.9 Å². The first-order valence-electron chi connectivity index (χ1n) is 7.92. The van der Waals surface area contributed by atoms with Crippen molar-refractivity contribution in [3.8, 4) is 0 Å². The van der Waals surface area contributed by atoms with Gasteiger partial charge in [-0.15, -0.1) is 0 Å². The molecule has 2 rings (SSSR count). The second kappa shape index (κ2) is 7.87. The van der Waals surface area contributed by atoms with E-state index in [2.05, 4.69) is 4.98 Å². The van der Waals surface area contributed by atoms with E-state index >= 15 is 0 Å². The molecule has 1 aliphatic rings. The summed E-state index contributed by atoms with van der Waals surface area (Å²) in [6.45, 7) is 7.28. The molecule has 0 aliphatic carbocycles. The van der Waals surface area contributed by atoms with Crippen LogP contribution < -0.4 is 0 Å². The van der Waals surface area contributed by atoms with Crippen LogP contribution in [0.4, 0.5) is 0 Å². The summed E-state index contributed by atoms with van der Waals surface area (Å²) in [7, 11) is 0. The van der Waals surface area contributed by atoms with Crippen molar-refractivity contribution in [3.63, 3.8) is 0 Å². The van der Waals surface area contributed by atoms with Crippen molar-refractivity contribution in [3.05, 3.63) is 34.5 Å². The lowest BCUT2D eigenvalue weighted by molar-refractivity contribution is -0.147. The van der Waals surface area contributed by atoms with Crippen LogP contribution in [0.5, 0.6) is 0 Å². The largest absolute Gasteiger partial charge is 0.493 e. The number of nitrogens with one attached hydrogen (secondary N) is 1. The SMILES string of the molecule is CCOC(=O)c1c(C)[nH]c(C(=O)[C@@H](C)OC(=O)C2=COCCO2)c1C. The summed E-state index contributed by atoms with van der Waals surface area (Å²) < 4.78 is 20.2. The molecule has 0 bridgehead atoms. The summed E-state index contributed by atoms with van der Waals surface area (Å²) in [6, 6.07) is 0. The lowest BCUT2D eigenvalue weighted by Gasteiger charge is -2.17. The van der Waals surface area contributed by atoms with E-state index < -0.39 is 23.8 Å². The highest BCUT2D eigenvalue weighted by atomic mass is 16.6. The van der Waals surface area contributed by atoms with Gasteiger partial charge in [0.1, 0.15) is 19.5 Å². The Balaban J connectivity index is 2.14. The second-order valence-corrected chi connectivity index (χ2v) is 5.46. The molecule has 136 valence electrons. The number of hydrogen-bond acceptors (Lipinski definition) is 7. The van der Waals surface area contributed by atoms with E-state index in [9.17, 15) is 14.4 Å². The summed E-state index contributed by atoms with van der Waals surface area (Å²) in [5.74, 6) is -1.83. The molecule has 25 heavy (non-hydrogen) atoms. The zero-order valence-corrected chi connectivity index (χ0v) is 14.6. The van der Waals surface area contributed by atoms with Gasteiger partial charge in [0.25, 0.3) is 0 Å². The maximum atomic E-state index is 12.6. The molecule has 1 aromatic rings. The van der Waals surface area contributed by atoms with Gasteiger partial charge in [-0.25, -0.2) is 9.59 Å². The minimum atomic E-state index is -1.06. The van der Waals surface area contributed by atoms with Gasteiger partial charge in [-0.1, -0.05) is 0 Å². The molecule has 0 saturated heterocycles. The third kappa shape index (κ3) is 4.01. The standard InChI is InChI=1S/C17H21NO7/c1-5-23-17(21)13-9(2)14(18-10(13)3)15(19)11(4)25-16(20)12-8-22-6-7-24-12/h8,11,18H,5-7H2,1-4H3/t11-/m1/s1. The lowest BCUT2D eigenvalue weighted by Crippen LogP contribution is -2.27. The number of rotatable bonds is 6. The summed E-state index contributed by atoms with van der Waals surface area (Å²) in [5.41, 5.74) is 1.50. The van der Waals surface area contributed by atoms with Gasteiger partial charge in [0.15, 0.2) is 6.10 Å².